The number of hydrogen-bond donors (Lipinski definition) is 1. The van der Waals surface area contributed by atoms with Crippen molar-refractivity contribution >= 4 is 5.91 Å². The Hall–Kier alpha value is -0.610. The van der Waals surface area contributed by atoms with E-state index in [4.69, 9.17) is 4.74 Å². The largest absolute Gasteiger partial charge is 0.376 e. The van der Waals surface area contributed by atoms with Gasteiger partial charge in [-0.2, -0.15) is 0 Å². The zero-order valence-corrected chi connectivity index (χ0v) is 12.3. The van der Waals surface area contributed by atoms with Gasteiger partial charge in [-0.1, -0.05) is 13.8 Å². The van der Waals surface area contributed by atoms with Crippen LogP contribution in [0.3, 0.4) is 0 Å². The molecule has 3 aliphatic rings. The minimum absolute atomic E-state index is 0.200. The summed E-state index contributed by atoms with van der Waals surface area (Å²) in [5, 5.41) is 3.60. The van der Waals surface area contributed by atoms with Crippen molar-refractivity contribution in [2.45, 2.75) is 76.7 Å². The van der Waals surface area contributed by atoms with E-state index < -0.39 is 0 Å². The molecular formula is C15H26N2O2. The number of hydrogen-bond acceptors (Lipinski definition) is 3. The van der Waals surface area contributed by atoms with Gasteiger partial charge in [0.25, 0.3) is 0 Å². The molecule has 3 atom stereocenters. The maximum absolute atomic E-state index is 12.7. The lowest BCUT2D eigenvalue weighted by atomic mass is 10.0. The van der Waals surface area contributed by atoms with Gasteiger partial charge in [0.1, 0.15) is 0 Å². The highest BCUT2D eigenvalue weighted by molar-refractivity contribution is 5.92. The van der Waals surface area contributed by atoms with Crippen molar-refractivity contribution in [2.75, 3.05) is 6.61 Å². The van der Waals surface area contributed by atoms with Gasteiger partial charge in [-0.15, -0.1) is 0 Å². The standard InChI is InChI=1S/C15H26N2O2/c1-10(2)9-13-16-15(6-7-15)14(18)17(13)11(3)12-5-4-8-19-12/h10-13,16H,4-9H2,1-3H3. The smallest absolute Gasteiger partial charge is 0.244 e. The van der Waals surface area contributed by atoms with Crippen LogP contribution >= 0.6 is 0 Å². The van der Waals surface area contributed by atoms with Gasteiger partial charge in [0.05, 0.1) is 23.9 Å². The lowest BCUT2D eigenvalue weighted by Gasteiger charge is -2.34. The molecule has 3 unspecified atom stereocenters. The van der Waals surface area contributed by atoms with E-state index in [1.807, 2.05) is 0 Å². The first-order valence-corrected chi connectivity index (χ1v) is 7.75. The number of amides is 1. The lowest BCUT2D eigenvalue weighted by molar-refractivity contribution is -0.135. The molecule has 2 saturated heterocycles. The molecule has 0 aromatic carbocycles. The molecule has 2 heterocycles. The van der Waals surface area contributed by atoms with Crippen LogP contribution in [-0.2, 0) is 9.53 Å². The van der Waals surface area contributed by atoms with E-state index in [1.165, 1.54) is 0 Å². The summed E-state index contributed by atoms with van der Waals surface area (Å²) in [7, 11) is 0. The van der Waals surface area contributed by atoms with Crippen molar-refractivity contribution in [3.8, 4) is 0 Å². The first-order valence-electron chi connectivity index (χ1n) is 7.75. The van der Waals surface area contributed by atoms with Gasteiger partial charge in [-0.05, 0) is 44.9 Å². The Bertz CT molecular complexity index is 359. The van der Waals surface area contributed by atoms with E-state index in [1.54, 1.807) is 0 Å². The molecule has 3 fully saturated rings. The molecule has 1 N–H and O–H groups in total. The van der Waals surface area contributed by atoms with Crippen molar-refractivity contribution in [1.82, 2.24) is 10.2 Å². The van der Waals surface area contributed by atoms with E-state index in [0.29, 0.717) is 11.8 Å². The first-order chi connectivity index (χ1) is 9.03. The molecule has 2 aliphatic heterocycles. The average molecular weight is 266 g/mol. The van der Waals surface area contributed by atoms with Crippen LogP contribution in [-0.4, -0.2) is 41.3 Å². The number of rotatable bonds is 4. The number of carbonyl (C=O) groups excluding carboxylic acids is 1. The Morgan fingerprint density at radius 1 is 1.42 bits per heavy atom. The molecule has 108 valence electrons. The van der Waals surface area contributed by atoms with Crippen LogP contribution < -0.4 is 5.32 Å². The van der Waals surface area contributed by atoms with Crippen LogP contribution in [0.25, 0.3) is 0 Å². The van der Waals surface area contributed by atoms with Gasteiger partial charge in [0.15, 0.2) is 0 Å². The molecule has 0 radical (unpaired) electrons. The Labute approximate surface area is 115 Å². The van der Waals surface area contributed by atoms with Gasteiger partial charge in [0, 0.05) is 6.61 Å². The maximum atomic E-state index is 12.7. The number of nitrogens with one attached hydrogen (secondary N) is 1. The molecule has 19 heavy (non-hydrogen) atoms. The van der Waals surface area contributed by atoms with Crippen molar-refractivity contribution in [3.05, 3.63) is 0 Å². The fourth-order valence-electron chi connectivity index (χ4n) is 3.57. The van der Waals surface area contributed by atoms with E-state index in [-0.39, 0.29) is 23.9 Å². The highest BCUT2D eigenvalue weighted by Crippen LogP contribution is 2.44. The van der Waals surface area contributed by atoms with Crippen LogP contribution in [0.15, 0.2) is 0 Å². The topological polar surface area (TPSA) is 41.6 Å². The zero-order chi connectivity index (χ0) is 13.6. The summed E-state index contributed by atoms with van der Waals surface area (Å²) in [6, 6.07) is 0.200. The third-order valence-electron chi connectivity index (χ3n) is 4.81. The fraction of sp³-hybridized carbons (Fsp3) is 0.933. The normalized spacial score (nSPS) is 34.5. The van der Waals surface area contributed by atoms with Crippen molar-refractivity contribution in [3.63, 3.8) is 0 Å². The highest BCUT2D eigenvalue weighted by Gasteiger charge is 2.60. The monoisotopic (exact) mass is 266 g/mol. The van der Waals surface area contributed by atoms with Gasteiger partial charge in [-0.3, -0.25) is 10.1 Å². The number of nitrogens with zero attached hydrogens (tertiary/aromatic N) is 1. The number of ether oxygens (including phenoxy) is 1. The van der Waals surface area contributed by atoms with Crippen LogP contribution in [0.2, 0.25) is 0 Å². The van der Waals surface area contributed by atoms with Gasteiger partial charge in [0.2, 0.25) is 5.91 Å². The summed E-state index contributed by atoms with van der Waals surface area (Å²) in [5.41, 5.74) is -0.202. The van der Waals surface area contributed by atoms with Crippen LogP contribution in [0.5, 0.6) is 0 Å². The summed E-state index contributed by atoms with van der Waals surface area (Å²) in [5.74, 6) is 0.916. The third kappa shape index (κ3) is 2.29. The first kappa shape index (κ1) is 13.4. The average Bonchev–Trinajstić information content (AvgIpc) is 2.84. The van der Waals surface area contributed by atoms with Crippen LogP contribution in [0, 0.1) is 5.92 Å². The molecular weight excluding hydrogens is 240 g/mol. The van der Waals surface area contributed by atoms with Crippen molar-refractivity contribution < 1.29 is 9.53 Å². The number of carbonyl (C=O) groups is 1. The Kier molecular flexibility index (Phi) is 3.34. The summed E-state index contributed by atoms with van der Waals surface area (Å²) >= 11 is 0. The Morgan fingerprint density at radius 3 is 2.68 bits per heavy atom. The molecule has 1 spiro atoms. The van der Waals surface area contributed by atoms with Gasteiger partial charge in [-0.25, -0.2) is 0 Å². The second-order valence-corrected chi connectivity index (χ2v) is 6.88. The molecule has 0 bridgehead atoms. The minimum atomic E-state index is -0.202. The van der Waals surface area contributed by atoms with Gasteiger partial charge >= 0.3 is 0 Å². The van der Waals surface area contributed by atoms with Crippen LogP contribution in [0.4, 0.5) is 0 Å². The quantitative estimate of drug-likeness (QED) is 0.845. The summed E-state index contributed by atoms with van der Waals surface area (Å²) in [4.78, 5) is 14.8. The second-order valence-electron chi connectivity index (χ2n) is 6.88. The fourth-order valence-corrected chi connectivity index (χ4v) is 3.57. The van der Waals surface area contributed by atoms with E-state index in [9.17, 15) is 4.79 Å². The summed E-state index contributed by atoms with van der Waals surface area (Å²) in [6.45, 7) is 7.45. The maximum Gasteiger partial charge on any atom is 0.244 e. The molecule has 0 aromatic rings. The molecule has 1 saturated carbocycles. The van der Waals surface area contributed by atoms with E-state index in [2.05, 4.69) is 31.0 Å². The third-order valence-corrected chi connectivity index (χ3v) is 4.81. The van der Waals surface area contributed by atoms with Crippen LogP contribution in [0.1, 0.15) is 52.9 Å². The second kappa shape index (κ2) is 4.74. The SMILES string of the molecule is CC(C)CC1NC2(CC2)C(=O)N1C(C)C1CCCO1. The van der Waals surface area contributed by atoms with E-state index >= 15 is 0 Å². The Morgan fingerprint density at radius 2 is 2.16 bits per heavy atom. The molecule has 0 aromatic heterocycles. The molecule has 1 aliphatic carbocycles. The van der Waals surface area contributed by atoms with E-state index in [0.717, 1.165) is 38.7 Å². The highest BCUT2D eigenvalue weighted by atomic mass is 16.5. The van der Waals surface area contributed by atoms with Gasteiger partial charge < -0.3 is 9.64 Å². The molecule has 4 heteroatoms. The zero-order valence-electron chi connectivity index (χ0n) is 12.3. The molecule has 1 amide bonds. The Balaban J connectivity index is 1.76. The van der Waals surface area contributed by atoms with Crippen molar-refractivity contribution in [2.24, 2.45) is 5.92 Å². The predicted molar refractivity (Wildman–Crippen MR) is 73.6 cm³/mol. The lowest BCUT2D eigenvalue weighted by Crippen LogP contribution is -2.49. The summed E-state index contributed by atoms with van der Waals surface area (Å²) < 4.78 is 5.80. The summed E-state index contributed by atoms with van der Waals surface area (Å²) in [6.07, 6.45) is 5.70. The molecule has 4 nitrogen and oxygen atoms in total. The predicted octanol–water partition coefficient (Wildman–Crippen LogP) is 1.89. The van der Waals surface area contributed by atoms with Crippen molar-refractivity contribution in [1.29, 1.82) is 0 Å². The molecule has 3 rings (SSSR count). The minimum Gasteiger partial charge on any atom is -0.376 e.